The van der Waals surface area contributed by atoms with Gasteiger partial charge >= 0.3 is 0 Å². The number of aryl methyl sites for hydroxylation is 1. The standard InChI is InChI=1S/C15H13ClF2N2O/c1-8-4-3-5-10(16)13(8)20-15(21)9-6-11(17)14(19-2)12(18)7-9/h3-7,19H,1-2H3,(H,20,21). The number of hydrogen-bond donors (Lipinski definition) is 2. The number of carbonyl (C=O) groups is 1. The molecule has 2 aromatic carbocycles. The van der Waals surface area contributed by atoms with Crippen LogP contribution in [0.2, 0.25) is 5.02 Å². The fraction of sp³-hybridized carbons (Fsp3) is 0.133. The van der Waals surface area contributed by atoms with Gasteiger partial charge in [-0.3, -0.25) is 4.79 Å². The second-order valence-corrected chi connectivity index (χ2v) is 4.86. The SMILES string of the molecule is CNc1c(F)cc(C(=O)Nc2c(C)cccc2Cl)cc1F. The highest BCUT2D eigenvalue weighted by atomic mass is 35.5. The van der Waals surface area contributed by atoms with Crippen molar-refractivity contribution < 1.29 is 13.6 Å². The Labute approximate surface area is 125 Å². The Morgan fingerprint density at radius 2 is 1.76 bits per heavy atom. The Balaban J connectivity index is 2.33. The summed E-state index contributed by atoms with van der Waals surface area (Å²) in [5.74, 6) is -2.30. The summed E-state index contributed by atoms with van der Waals surface area (Å²) in [6, 6.07) is 7.07. The van der Waals surface area contributed by atoms with Crippen LogP contribution in [0.3, 0.4) is 0 Å². The summed E-state index contributed by atoms with van der Waals surface area (Å²) in [5.41, 5.74) is 0.773. The lowest BCUT2D eigenvalue weighted by molar-refractivity contribution is 0.102. The number of benzene rings is 2. The third-order valence-corrected chi connectivity index (χ3v) is 3.33. The fourth-order valence-electron chi connectivity index (χ4n) is 1.92. The molecule has 0 saturated carbocycles. The average molecular weight is 311 g/mol. The van der Waals surface area contributed by atoms with Crippen LogP contribution in [0.15, 0.2) is 30.3 Å². The highest BCUT2D eigenvalue weighted by Crippen LogP contribution is 2.26. The molecule has 2 aromatic rings. The first-order valence-corrected chi connectivity index (χ1v) is 6.55. The van der Waals surface area contributed by atoms with Gasteiger partial charge in [0.15, 0.2) is 0 Å². The molecule has 0 fully saturated rings. The molecular weight excluding hydrogens is 298 g/mol. The Hall–Kier alpha value is -2.14. The van der Waals surface area contributed by atoms with Gasteiger partial charge in [0.25, 0.3) is 5.91 Å². The third kappa shape index (κ3) is 3.13. The van der Waals surface area contributed by atoms with E-state index in [1.54, 1.807) is 25.1 Å². The minimum Gasteiger partial charge on any atom is -0.383 e. The van der Waals surface area contributed by atoms with E-state index >= 15 is 0 Å². The summed E-state index contributed by atoms with van der Waals surface area (Å²) in [4.78, 5) is 12.1. The van der Waals surface area contributed by atoms with Gasteiger partial charge in [0.05, 0.1) is 10.7 Å². The van der Waals surface area contributed by atoms with Gasteiger partial charge in [-0.25, -0.2) is 8.78 Å². The van der Waals surface area contributed by atoms with Crippen LogP contribution in [0.4, 0.5) is 20.2 Å². The van der Waals surface area contributed by atoms with Crippen LogP contribution in [-0.4, -0.2) is 13.0 Å². The Kier molecular flexibility index (Phi) is 4.43. The van der Waals surface area contributed by atoms with E-state index in [4.69, 9.17) is 11.6 Å². The number of halogens is 3. The molecular formula is C15H13ClF2N2O. The van der Waals surface area contributed by atoms with Gasteiger partial charge in [-0.05, 0) is 30.7 Å². The minimum absolute atomic E-state index is 0.122. The molecule has 0 spiro atoms. The van der Waals surface area contributed by atoms with Crippen LogP contribution < -0.4 is 10.6 Å². The van der Waals surface area contributed by atoms with Crippen LogP contribution in [-0.2, 0) is 0 Å². The summed E-state index contributed by atoms with van der Waals surface area (Å²) < 4.78 is 27.3. The highest BCUT2D eigenvalue weighted by Gasteiger charge is 2.16. The quantitative estimate of drug-likeness (QED) is 0.891. The first kappa shape index (κ1) is 15.3. The minimum atomic E-state index is -0.835. The second-order valence-electron chi connectivity index (χ2n) is 4.45. The van der Waals surface area contributed by atoms with Crippen molar-refractivity contribution >= 4 is 28.9 Å². The molecule has 0 aliphatic rings. The van der Waals surface area contributed by atoms with E-state index in [1.165, 1.54) is 7.05 Å². The molecule has 6 heteroatoms. The monoisotopic (exact) mass is 310 g/mol. The van der Waals surface area contributed by atoms with Crippen LogP contribution >= 0.6 is 11.6 Å². The third-order valence-electron chi connectivity index (χ3n) is 3.01. The Morgan fingerprint density at radius 1 is 1.14 bits per heavy atom. The molecule has 110 valence electrons. The van der Waals surface area contributed by atoms with E-state index < -0.39 is 17.5 Å². The summed E-state index contributed by atoms with van der Waals surface area (Å²) >= 11 is 6.00. The molecule has 0 bridgehead atoms. The van der Waals surface area contributed by atoms with Gasteiger partial charge in [0.2, 0.25) is 0 Å². The first-order chi connectivity index (χ1) is 9.93. The number of amides is 1. The highest BCUT2D eigenvalue weighted by molar-refractivity contribution is 6.34. The Bertz CT molecular complexity index is 661. The second kappa shape index (κ2) is 6.10. The molecule has 1 amide bonds. The van der Waals surface area contributed by atoms with Crippen molar-refractivity contribution in [2.45, 2.75) is 6.92 Å². The number of rotatable bonds is 3. The molecule has 0 heterocycles. The number of carbonyl (C=O) groups excluding carboxylic acids is 1. The molecule has 0 atom stereocenters. The zero-order chi connectivity index (χ0) is 15.6. The van der Waals surface area contributed by atoms with Crippen LogP contribution in [0.1, 0.15) is 15.9 Å². The van der Waals surface area contributed by atoms with Crippen molar-refractivity contribution in [1.82, 2.24) is 0 Å². The van der Waals surface area contributed by atoms with Gasteiger partial charge in [-0.2, -0.15) is 0 Å². The maximum absolute atomic E-state index is 13.7. The lowest BCUT2D eigenvalue weighted by Gasteiger charge is -2.11. The van der Waals surface area contributed by atoms with E-state index in [-0.39, 0.29) is 11.3 Å². The van der Waals surface area contributed by atoms with Crippen molar-refractivity contribution in [1.29, 1.82) is 0 Å². The number of nitrogens with one attached hydrogen (secondary N) is 2. The van der Waals surface area contributed by atoms with Crippen molar-refractivity contribution in [3.8, 4) is 0 Å². The normalized spacial score (nSPS) is 10.3. The molecule has 3 nitrogen and oxygen atoms in total. The molecule has 0 saturated heterocycles. The van der Waals surface area contributed by atoms with E-state index in [9.17, 15) is 13.6 Å². The van der Waals surface area contributed by atoms with Gasteiger partial charge in [-0.15, -0.1) is 0 Å². The predicted molar refractivity (Wildman–Crippen MR) is 80.0 cm³/mol. The number of anilines is 2. The summed E-state index contributed by atoms with van der Waals surface area (Å²) in [6.45, 7) is 1.77. The van der Waals surface area contributed by atoms with Crippen molar-refractivity contribution in [2.75, 3.05) is 17.7 Å². The first-order valence-electron chi connectivity index (χ1n) is 6.17. The largest absolute Gasteiger partial charge is 0.383 e. The molecule has 21 heavy (non-hydrogen) atoms. The van der Waals surface area contributed by atoms with E-state index in [0.717, 1.165) is 17.7 Å². The molecule has 0 aromatic heterocycles. The maximum atomic E-state index is 13.7. The molecule has 0 aliphatic heterocycles. The molecule has 2 rings (SSSR count). The van der Waals surface area contributed by atoms with Crippen molar-refractivity contribution in [3.63, 3.8) is 0 Å². The Morgan fingerprint density at radius 3 is 2.29 bits per heavy atom. The molecule has 0 radical (unpaired) electrons. The van der Waals surface area contributed by atoms with Crippen LogP contribution in [0.25, 0.3) is 0 Å². The van der Waals surface area contributed by atoms with E-state index in [2.05, 4.69) is 10.6 Å². The van der Waals surface area contributed by atoms with Crippen molar-refractivity contribution in [2.24, 2.45) is 0 Å². The lowest BCUT2D eigenvalue weighted by Crippen LogP contribution is -2.14. The molecule has 0 unspecified atom stereocenters. The van der Waals surface area contributed by atoms with Crippen molar-refractivity contribution in [3.05, 3.63) is 58.1 Å². The summed E-state index contributed by atoms with van der Waals surface area (Å²) in [7, 11) is 1.40. The predicted octanol–water partition coefficient (Wildman–Crippen LogP) is 4.22. The van der Waals surface area contributed by atoms with Crippen LogP contribution in [0, 0.1) is 18.6 Å². The molecule has 0 aliphatic carbocycles. The maximum Gasteiger partial charge on any atom is 0.255 e. The molecule has 2 N–H and O–H groups in total. The topological polar surface area (TPSA) is 41.1 Å². The van der Waals surface area contributed by atoms with Gasteiger partial charge in [-0.1, -0.05) is 23.7 Å². The van der Waals surface area contributed by atoms with E-state index in [0.29, 0.717) is 10.7 Å². The zero-order valence-electron chi connectivity index (χ0n) is 11.4. The zero-order valence-corrected chi connectivity index (χ0v) is 12.2. The number of para-hydroxylation sites is 1. The number of hydrogen-bond acceptors (Lipinski definition) is 2. The average Bonchev–Trinajstić information content (AvgIpc) is 2.42. The smallest absolute Gasteiger partial charge is 0.255 e. The van der Waals surface area contributed by atoms with Gasteiger partial charge < -0.3 is 10.6 Å². The lowest BCUT2D eigenvalue weighted by atomic mass is 10.1. The summed E-state index contributed by atoms with van der Waals surface area (Å²) in [6.07, 6.45) is 0. The van der Waals surface area contributed by atoms with Crippen LogP contribution in [0.5, 0.6) is 0 Å². The fourth-order valence-corrected chi connectivity index (χ4v) is 2.19. The van der Waals surface area contributed by atoms with E-state index in [1.807, 2.05) is 0 Å². The summed E-state index contributed by atoms with van der Waals surface area (Å²) in [5, 5.41) is 5.31. The van der Waals surface area contributed by atoms with Gasteiger partial charge in [0, 0.05) is 12.6 Å². The van der Waals surface area contributed by atoms with Gasteiger partial charge in [0.1, 0.15) is 17.3 Å².